The van der Waals surface area contributed by atoms with Gasteiger partial charge in [0, 0.05) is 12.7 Å². The number of hydrogen-bond acceptors (Lipinski definition) is 3. The molecule has 0 bridgehead atoms. The lowest BCUT2D eigenvalue weighted by Crippen LogP contribution is -2.41. The number of carbonyl (C=O) groups is 1. The van der Waals surface area contributed by atoms with Crippen LogP contribution in [0.2, 0.25) is 0 Å². The van der Waals surface area contributed by atoms with Gasteiger partial charge in [-0.25, -0.2) is 0 Å². The van der Waals surface area contributed by atoms with Crippen molar-refractivity contribution in [3.63, 3.8) is 0 Å². The van der Waals surface area contributed by atoms with Gasteiger partial charge < -0.3 is 10.2 Å². The number of likely N-dealkylation sites (N-methyl/N-ethyl adjacent to an activating group) is 2. The third kappa shape index (κ3) is 3.31. The molecule has 1 amide bonds. The summed E-state index contributed by atoms with van der Waals surface area (Å²) in [4.78, 5) is 17.8. The van der Waals surface area contributed by atoms with Crippen LogP contribution >= 0.6 is 0 Å². The van der Waals surface area contributed by atoms with Crippen molar-refractivity contribution in [1.29, 1.82) is 0 Å². The van der Waals surface area contributed by atoms with E-state index in [4.69, 9.17) is 0 Å². The molecule has 1 unspecified atom stereocenters. The fourth-order valence-electron chi connectivity index (χ4n) is 1.46. The highest BCUT2D eigenvalue weighted by Crippen LogP contribution is 2.03. The molecular formula is C12H19N3O. The lowest BCUT2D eigenvalue weighted by atomic mass is 10.2. The van der Waals surface area contributed by atoms with E-state index >= 15 is 0 Å². The highest BCUT2D eigenvalue weighted by molar-refractivity contribution is 5.81. The molecule has 16 heavy (non-hydrogen) atoms. The van der Waals surface area contributed by atoms with Crippen molar-refractivity contribution in [2.24, 2.45) is 0 Å². The van der Waals surface area contributed by atoms with E-state index in [1.165, 1.54) is 0 Å². The van der Waals surface area contributed by atoms with Crippen molar-refractivity contribution >= 4 is 5.91 Å². The average Bonchev–Trinajstić information content (AvgIpc) is 2.27. The Bertz CT molecular complexity index is 365. The van der Waals surface area contributed by atoms with Crippen molar-refractivity contribution in [2.75, 3.05) is 14.1 Å². The number of aryl methyl sites for hydroxylation is 1. The van der Waals surface area contributed by atoms with Gasteiger partial charge in [-0.15, -0.1) is 0 Å². The van der Waals surface area contributed by atoms with Crippen molar-refractivity contribution in [3.05, 3.63) is 29.6 Å². The number of rotatable bonds is 4. The zero-order chi connectivity index (χ0) is 12.1. The first-order chi connectivity index (χ1) is 7.54. The number of hydrogen-bond donors (Lipinski definition) is 1. The van der Waals surface area contributed by atoms with Gasteiger partial charge in [-0.1, -0.05) is 6.07 Å². The Morgan fingerprint density at radius 2 is 2.25 bits per heavy atom. The summed E-state index contributed by atoms with van der Waals surface area (Å²) in [6.45, 7) is 4.34. The SMILES string of the molecule is CNC(C)C(=O)N(C)Cc1cccc(C)n1. The zero-order valence-electron chi connectivity index (χ0n) is 10.3. The predicted octanol–water partition coefficient (Wildman–Crippen LogP) is 0.956. The first-order valence-electron chi connectivity index (χ1n) is 5.39. The van der Waals surface area contributed by atoms with E-state index in [-0.39, 0.29) is 11.9 Å². The topological polar surface area (TPSA) is 45.2 Å². The third-order valence-electron chi connectivity index (χ3n) is 2.52. The van der Waals surface area contributed by atoms with E-state index in [0.717, 1.165) is 11.4 Å². The highest BCUT2D eigenvalue weighted by Gasteiger charge is 2.15. The maximum Gasteiger partial charge on any atom is 0.239 e. The van der Waals surface area contributed by atoms with Crippen LogP contribution < -0.4 is 5.32 Å². The molecule has 88 valence electrons. The number of amides is 1. The van der Waals surface area contributed by atoms with Gasteiger partial charge in [-0.3, -0.25) is 9.78 Å². The molecule has 1 aromatic rings. The van der Waals surface area contributed by atoms with Gasteiger partial charge in [0.15, 0.2) is 0 Å². The Labute approximate surface area is 96.7 Å². The molecule has 0 fully saturated rings. The first kappa shape index (κ1) is 12.6. The molecule has 0 aromatic carbocycles. The van der Waals surface area contributed by atoms with Gasteiger partial charge in [0.25, 0.3) is 0 Å². The van der Waals surface area contributed by atoms with Crippen LogP contribution in [0.1, 0.15) is 18.3 Å². The van der Waals surface area contributed by atoms with E-state index < -0.39 is 0 Å². The summed E-state index contributed by atoms with van der Waals surface area (Å²) in [6, 6.07) is 5.68. The molecule has 1 rings (SSSR count). The summed E-state index contributed by atoms with van der Waals surface area (Å²) >= 11 is 0. The molecule has 0 aliphatic carbocycles. The average molecular weight is 221 g/mol. The minimum Gasteiger partial charge on any atom is -0.339 e. The molecule has 0 spiro atoms. The van der Waals surface area contributed by atoms with Crippen molar-refractivity contribution in [1.82, 2.24) is 15.2 Å². The number of nitrogens with one attached hydrogen (secondary N) is 1. The minimum absolute atomic E-state index is 0.0748. The summed E-state index contributed by atoms with van der Waals surface area (Å²) < 4.78 is 0. The summed E-state index contributed by atoms with van der Waals surface area (Å²) in [5.74, 6) is 0.0748. The normalized spacial score (nSPS) is 12.2. The van der Waals surface area contributed by atoms with Gasteiger partial charge in [0.2, 0.25) is 5.91 Å². The Morgan fingerprint density at radius 1 is 1.56 bits per heavy atom. The lowest BCUT2D eigenvalue weighted by Gasteiger charge is -2.20. The monoisotopic (exact) mass is 221 g/mol. The van der Waals surface area contributed by atoms with Crippen molar-refractivity contribution < 1.29 is 4.79 Å². The summed E-state index contributed by atoms with van der Waals surface area (Å²) in [6.07, 6.45) is 0. The molecule has 0 saturated heterocycles. The Balaban J connectivity index is 2.64. The van der Waals surface area contributed by atoms with Crippen molar-refractivity contribution in [2.45, 2.75) is 26.4 Å². The van der Waals surface area contributed by atoms with E-state index in [1.54, 1.807) is 19.0 Å². The highest BCUT2D eigenvalue weighted by atomic mass is 16.2. The second kappa shape index (κ2) is 5.61. The van der Waals surface area contributed by atoms with Crippen LogP contribution in [0.4, 0.5) is 0 Å². The van der Waals surface area contributed by atoms with Gasteiger partial charge in [0.1, 0.15) is 0 Å². The fourth-order valence-corrected chi connectivity index (χ4v) is 1.46. The second-order valence-corrected chi connectivity index (χ2v) is 3.97. The van der Waals surface area contributed by atoms with Crippen LogP contribution in [0.25, 0.3) is 0 Å². The summed E-state index contributed by atoms with van der Waals surface area (Å²) in [7, 11) is 3.57. The molecule has 4 nitrogen and oxygen atoms in total. The maximum absolute atomic E-state index is 11.8. The smallest absolute Gasteiger partial charge is 0.239 e. The van der Waals surface area contributed by atoms with Crippen LogP contribution in [-0.4, -0.2) is 35.9 Å². The number of carbonyl (C=O) groups excluding carboxylic acids is 1. The Hall–Kier alpha value is -1.42. The van der Waals surface area contributed by atoms with Gasteiger partial charge >= 0.3 is 0 Å². The molecule has 0 radical (unpaired) electrons. The van der Waals surface area contributed by atoms with E-state index in [9.17, 15) is 4.79 Å². The van der Waals surface area contributed by atoms with Crippen LogP contribution in [0.3, 0.4) is 0 Å². The Kier molecular flexibility index (Phi) is 4.43. The van der Waals surface area contributed by atoms with Crippen LogP contribution in [-0.2, 0) is 11.3 Å². The number of nitrogens with zero attached hydrogens (tertiary/aromatic N) is 2. The van der Waals surface area contributed by atoms with Gasteiger partial charge in [-0.2, -0.15) is 0 Å². The van der Waals surface area contributed by atoms with Crippen molar-refractivity contribution in [3.8, 4) is 0 Å². The molecule has 0 saturated carbocycles. The predicted molar refractivity (Wildman–Crippen MR) is 64.0 cm³/mol. The molecule has 4 heteroatoms. The molecule has 0 aliphatic heterocycles. The van der Waals surface area contributed by atoms with Crippen LogP contribution in [0.5, 0.6) is 0 Å². The quantitative estimate of drug-likeness (QED) is 0.823. The molecular weight excluding hydrogens is 202 g/mol. The molecule has 1 N–H and O–H groups in total. The molecule has 1 atom stereocenters. The van der Waals surface area contributed by atoms with E-state index in [1.807, 2.05) is 32.0 Å². The van der Waals surface area contributed by atoms with Gasteiger partial charge in [-0.05, 0) is 33.0 Å². The number of aromatic nitrogens is 1. The standard InChI is InChI=1S/C12H19N3O/c1-9-6-5-7-11(14-9)8-15(4)12(16)10(2)13-3/h5-7,10,13H,8H2,1-4H3. The molecule has 1 heterocycles. The van der Waals surface area contributed by atoms with E-state index in [0.29, 0.717) is 6.54 Å². The first-order valence-corrected chi connectivity index (χ1v) is 5.39. The van der Waals surface area contributed by atoms with Crippen LogP contribution in [0, 0.1) is 6.92 Å². The molecule has 0 aliphatic rings. The zero-order valence-corrected chi connectivity index (χ0v) is 10.3. The second-order valence-electron chi connectivity index (χ2n) is 3.97. The largest absolute Gasteiger partial charge is 0.339 e. The van der Waals surface area contributed by atoms with Gasteiger partial charge in [0.05, 0.1) is 18.3 Å². The minimum atomic E-state index is -0.158. The third-order valence-corrected chi connectivity index (χ3v) is 2.52. The van der Waals surface area contributed by atoms with Crippen LogP contribution in [0.15, 0.2) is 18.2 Å². The maximum atomic E-state index is 11.8. The Morgan fingerprint density at radius 3 is 2.81 bits per heavy atom. The summed E-state index contributed by atoms with van der Waals surface area (Å²) in [5.41, 5.74) is 1.89. The van der Waals surface area contributed by atoms with E-state index in [2.05, 4.69) is 10.3 Å². The lowest BCUT2D eigenvalue weighted by molar-refractivity contribution is -0.132. The summed E-state index contributed by atoms with van der Waals surface area (Å²) in [5, 5.41) is 2.93. The number of pyridine rings is 1. The molecule has 1 aromatic heterocycles. The fraction of sp³-hybridized carbons (Fsp3) is 0.500.